The molecule has 0 bridgehead atoms. The molecular weight excluding hydrogens is 651 g/mol. The first-order chi connectivity index (χ1) is 25.8. The van der Waals surface area contributed by atoms with Crippen LogP contribution in [0.3, 0.4) is 0 Å². The third kappa shape index (κ3) is 4.18. The highest BCUT2D eigenvalue weighted by Crippen LogP contribution is 2.47. The predicted molar refractivity (Wildman–Crippen MR) is 201 cm³/mol. The number of hydrogen-bond acceptors (Lipinski definition) is 10. The van der Waals surface area contributed by atoms with E-state index in [0.717, 1.165) is 54.6 Å². The number of fused-ring (bicyclic) bond motifs is 6. The lowest BCUT2D eigenvalue weighted by Gasteiger charge is -2.26. The van der Waals surface area contributed by atoms with E-state index >= 15 is 0 Å². The van der Waals surface area contributed by atoms with Crippen LogP contribution in [-0.2, 0) is 0 Å². The standard InChI is InChI=1S/C42H23N7O3/c1-2-9-25-22-28(17-16-24(25)8-1)31-18-20-35(41-38(31)44-51-47-41)49(34-15-7-14-33-40(34)46-50-43-33)36-21-19-32(39-42(36)48-52-45-39)37-29-12-5-3-10-26(29)23-27-11-4-6-13-30(27)37/h1-23H. The summed E-state index contributed by atoms with van der Waals surface area (Å²) >= 11 is 0. The molecule has 244 valence electrons. The fraction of sp³-hybridized carbons (Fsp3) is 0. The Morgan fingerprint density at radius 2 is 0.923 bits per heavy atom. The summed E-state index contributed by atoms with van der Waals surface area (Å²) in [6.07, 6.45) is 0. The van der Waals surface area contributed by atoms with E-state index in [4.69, 9.17) is 13.9 Å². The normalized spacial score (nSPS) is 11.8. The average molecular weight is 674 g/mol. The van der Waals surface area contributed by atoms with Crippen LogP contribution in [0.15, 0.2) is 153 Å². The van der Waals surface area contributed by atoms with Crippen molar-refractivity contribution in [1.29, 1.82) is 0 Å². The summed E-state index contributed by atoms with van der Waals surface area (Å²) in [5.41, 5.74) is 9.35. The first-order valence-electron chi connectivity index (χ1n) is 16.7. The van der Waals surface area contributed by atoms with Gasteiger partial charge in [0.1, 0.15) is 16.6 Å². The number of aromatic nitrogens is 6. The van der Waals surface area contributed by atoms with Crippen LogP contribution in [-0.4, -0.2) is 30.9 Å². The zero-order chi connectivity index (χ0) is 34.2. The van der Waals surface area contributed by atoms with E-state index in [1.165, 1.54) is 0 Å². The molecule has 52 heavy (non-hydrogen) atoms. The minimum atomic E-state index is 0.547. The Morgan fingerprint density at radius 3 is 1.65 bits per heavy atom. The van der Waals surface area contributed by atoms with E-state index in [2.05, 4.69) is 122 Å². The molecule has 10 nitrogen and oxygen atoms in total. The van der Waals surface area contributed by atoms with Crippen molar-refractivity contribution in [3.63, 3.8) is 0 Å². The lowest BCUT2D eigenvalue weighted by Crippen LogP contribution is -2.12. The first kappa shape index (κ1) is 28.4. The van der Waals surface area contributed by atoms with Gasteiger partial charge in [0.15, 0.2) is 16.6 Å². The van der Waals surface area contributed by atoms with E-state index in [0.29, 0.717) is 50.2 Å². The molecule has 0 aliphatic rings. The molecule has 0 atom stereocenters. The molecule has 0 unspecified atom stereocenters. The van der Waals surface area contributed by atoms with Crippen LogP contribution < -0.4 is 4.90 Å². The molecule has 0 saturated carbocycles. The number of rotatable bonds is 5. The Labute approximate surface area is 293 Å². The fourth-order valence-electron chi connectivity index (χ4n) is 7.52. The molecule has 0 aliphatic heterocycles. The lowest BCUT2D eigenvalue weighted by molar-refractivity contribution is 0.315. The Morgan fingerprint density at radius 1 is 0.365 bits per heavy atom. The molecule has 3 heterocycles. The van der Waals surface area contributed by atoms with Crippen LogP contribution in [0.4, 0.5) is 17.1 Å². The third-order valence-electron chi connectivity index (χ3n) is 9.88. The molecule has 0 radical (unpaired) electrons. The third-order valence-corrected chi connectivity index (χ3v) is 9.88. The molecular formula is C42H23N7O3. The molecule has 0 aliphatic carbocycles. The number of nitrogens with zero attached hydrogens (tertiary/aromatic N) is 7. The zero-order valence-electron chi connectivity index (χ0n) is 27.1. The van der Waals surface area contributed by atoms with E-state index in [1.807, 2.05) is 53.4 Å². The van der Waals surface area contributed by atoms with Crippen molar-refractivity contribution in [3.05, 3.63) is 140 Å². The maximum Gasteiger partial charge on any atom is 0.159 e. The second-order valence-corrected chi connectivity index (χ2v) is 12.7. The molecule has 0 N–H and O–H groups in total. The molecule has 8 aromatic carbocycles. The minimum Gasteiger partial charge on any atom is -0.303 e. The number of benzene rings is 8. The molecule has 0 saturated heterocycles. The molecule has 10 heteroatoms. The van der Waals surface area contributed by atoms with Crippen LogP contribution in [0, 0.1) is 0 Å². The van der Waals surface area contributed by atoms with Gasteiger partial charge in [-0.1, -0.05) is 91.0 Å². The van der Waals surface area contributed by atoms with Crippen molar-refractivity contribution in [3.8, 4) is 22.3 Å². The monoisotopic (exact) mass is 673 g/mol. The van der Waals surface area contributed by atoms with Gasteiger partial charge >= 0.3 is 0 Å². The lowest BCUT2D eigenvalue weighted by atomic mass is 9.91. The summed E-state index contributed by atoms with van der Waals surface area (Å²) in [5.74, 6) is 0. The van der Waals surface area contributed by atoms with Crippen LogP contribution in [0.5, 0.6) is 0 Å². The fourth-order valence-corrected chi connectivity index (χ4v) is 7.52. The largest absolute Gasteiger partial charge is 0.303 e. The highest BCUT2D eigenvalue weighted by Gasteiger charge is 2.27. The van der Waals surface area contributed by atoms with Crippen LogP contribution in [0.25, 0.3) is 87.7 Å². The second-order valence-electron chi connectivity index (χ2n) is 12.7. The second kappa shape index (κ2) is 11.0. The number of anilines is 3. The Kier molecular flexibility index (Phi) is 6.02. The van der Waals surface area contributed by atoms with E-state index in [-0.39, 0.29) is 0 Å². The molecule has 0 amide bonds. The summed E-state index contributed by atoms with van der Waals surface area (Å²) in [5, 5.41) is 33.1. The Hall–Kier alpha value is -7.46. The van der Waals surface area contributed by atoms with E-state index < -0.39 is 0 Å². The van der Waals surface area contributed by atoms with Gasteiger partial charge in [0.25, 0.3) is 0 Å². The van der Waals surface area contributed by atoms with Crippen molar-refractivity contribution < 1.29 is 13.9 Å². The van der Waals surface area contributed by atoms with Gasteiger partial charge in [-0.15, -0.1) is 0 Å². The van der Waals surface area contributed by atoms with Crippen molar-refractivity contribution in [2.24, 2.45) is 0 Å². The van der Waals surface area contributed by atoms with E-state index in [9.17, 15) is 0 Å². The van der Waals surface area contributed by atoms with Gasteiger partial charge in [-0.25, -0.2) is 13.9 Å². The van der Waals surface area contributed by atoms with Gasteiger partial charge in [-0.2, -0.15) is 0 Å². The average Bonchev–Trinajstić information content (AvgIpc) is 3.99. The molecule has 3 aromatic heterocycles. The van der Waals surface area contributed by atoms with Crippen molar-refractivity contribution in [1.82, 2.24) is 30.9 Å². The molecule has 0 spiro atoms. The Balaban J connectivity index is 1.17. The van der Waals surface area contributed by atoms with Crippen LogP contribution in [0.1, 0.15) is 0 Å². The van der Waals surface area contributed by atoms with Crippen molar-refractivity contribution in [2.75, 3.05) is 4.90 Å². The predicted octanol–water partition coefficient (Wildman–Crippen LogP) is 10.6. The smallest absolute Gasteiger partial charge is 0.159 e. The van der Waals surface area contributed by atoms with Crippen LogP contribution in [0.2, 0.25) is 0 Å². The minimum absolute atomic E-state index is 0.547. The Bertz CT molecular complexity index is 3130. The summed E-state index contributed by atoms with van der Waals surface area (Å²) in [4.78, 5) is 2.01. The summed E-state index contributed by atoms with van der Waals surface area (Å²) in [6.45, 7) is 0. The maximum atomic E-state index is 5.55. The molecule has 11 aromatic rings. The quantitative estimate of drug-likeness (QED) is 0.163. The van der Waals surface area contributed by atoms with Gasteiger partial charge < -0.3 is 4.90 Å². The first-order valence-corrected chi connectivity index (χ1v) is 16.7. The van der Waals surface area contributed by atoms with Gasteiger partial charge in [0.05, 0.1) is 17.1 Å². The number of hydrogen-bond donors (Lipinski definition) is 0. The van der Waals surface area contributed by atoms with Gasteiger partial charge in [-0.05, 0) is 123 Å². The highest BCUT2D eigenvalue weighted by molar-refractivity contribution is 6.17. The van der Waals surface area contributed by atoms with Crippen molar-refractivity contribution in [2.45, 2.75) is 0 Å². The van der Waals surface area contributed by atoms with Gasteiger partial charge in [0.2, 0.25) is 0 Å². The molecule has 11 rings (SSSR count). The molecule has 0 fully saturated rings. The zero-order valence-corrected chi connectivity index (χ0v) is 27.1. The maximum absolute atomic E-state index is 5.55. The summed E-state index contributed by atoms with van der Waals surface area (Å²) in [7, 11) is 0. The summed E-state index contributed by atoms with van der Waals surface area (Å²) in [6, 6.07) is 47.5. The van der Waals surface area contributed by atoms with Crippen molar-refractivity contribution >= 4 is 82.5 Å². The van der Waals surface area contributed by atoms with Gasteiger partial charge in [-0.3, -0.25) is 0 Å². The topological polar surface area (TPSA) is 120 Å². The van der Waals surface area contributed by atoms with Gasteiger partial charge in [0, 0.05) is 11.1 Å². The highest BCUT2D eigenvalue weighted by atomic mass is 16.6. The summed E-state index contributed by atoms with van der Waals surface area (Å²) < 4.78 is 16.2. The SMILES string of the molecule is c1ccc2cc(-c3ccc(N(c4cccc5nonc45)c4ccc(-c5c6ccccc6cc6ccccc56)c5nonc45)c4nonc34)ccc2c1. The van der Waals surface area contributed by atoms with E-state index in [1.54, 1.807) is 0 Å². The van der Waals surface area contributed by atoms with Crippen LogP contribution >= 0.6 is 0 Å².